The molecule has 0 radical (unpaired) electrons. The van der Waals surface area contributed by atoms with Crippen LogP contribution in [0.2, 0.25) is 0 Å². The number of aromatic nitrogens is 2. The van der Waals surface area contributed by atoms with Crippen molar-refractivity contribution in [3.63, 3.8) is 0 Å². The first kappa shape index (κ1) is 19.1. The summed E-state index contributed by atoms with van der Waals surface area (Å²) in [5.74, 6) is 1.40. The number of amides is 1. The lowest BCUT2D eigenvalue weighted by molar-refractivity contribution is -0.132. The Kier molecular flexibility index (Phi) is 5.91. The highest BCUT2D eigenvalue weighted by atomic mass is 79.9. The van der Waals surface area contributed by atoms with E-state index in [4.69, 9.17) is 9.26 Å². The average molecular weight is 430 g/mol. The molecule has 3 rings (SSSR count). The molecule has 0 fully saturated rings. The molecule has 140 valence electrons. The number of rotatable bonds is 6. The van der Waals surface area contributed by atoms with Crippen molar-refractivity contribution in [1.29, 1.82) is 0 Å². The van der Waals surface area contributed by atoms with Crippen LogP contribution in [0, 0.1) is 13.8 Å². The van der Waals surface area contributed by atoms with Crippen LogP contribution in [0.1, 0.15) is 17.0 Å². The second-order valence-electron chi connectivity index (χ2n) is 6.26. The summed E-state index contributed by atoms with van der Waals surface area (Å²) in [5, 5.41) is 3.98. The lowest BCUT2D eigenvalue weighted by Crippen LogP contribution is -2.31. The summed E-state index contributed by atoms with van der Waals surface area (Å²) in [6.07, 6.45) is 0. The summed E-state index contributed by atoms with van der Waals surface area (Å²) in [5.41, 5.74) is 2.99. The molecule has 7 heteroatoms. The Hall–Kier alpha value is -2.67. The molecule has 0 saturated carbocycles. The number of carbonyl (C=O) groups is 1. The van der Waals surface area contributed by atoms with Gasteiger partial charge in [-0.3, -0.25) is 4.79 Å². The first-order valence-electron chi connectivity index (χ1n) is 8.45. The zero-order valence-corrected chi connectivity index (χ0v) is 17.0. The van der Waals surface area contributed by atoms with E-state index >= 15 is 0 Å². The van der Waals surface area contributed by atoms with Crippen molar-refractivity contribution in [3.05, 3.63) is 64.0 Å². The maximum Gasteiger partial charge on any atom is 0.260 e. The van der Waals surface area contributed by atoms with Crippen molar-refractivity contribution in [2.24, 2.45) is 0 Å². The first-order chi connectivity index (χ1) is 12.9. The highest BCUT2D eigenvalue weighted by molar-refractivity contribution is 9.10. The first-order valence-corrected chi connectivity index (χ1v) is 9.25. The third-order valence-electron chi connectivity index (χ3n) is 4.26. The predicted octanol–water partition coefficient (Wildman–Crippen LogP) is 4.15. The molecule has 0 aliphatic carbocycles. The minimum Gasteiger partial charge on any atom is -0.483 e. The molecule has 6 nitrogen and oxygen atoms in total. The average Bonchev–Trinajstić information content (AvgIpc) is 3.11. The largest absolute Gasteiger partial charge is 0.483 e. The van der Waals surface area contributed by atoms with Crippen molar-refractivity contribution in [1.82, 2.24) is 15.0 Å². The highest BCUT2D eigenvalue weighted by Gasteiger charge is 2.16. The van der Waals surface area contributed by atoms with E-state index in [0.717, 1.165) is 21.2 Å². The molecule has 0 saturated heterocycles. The number of ether oxygens (including phenoxy) is 1. The van der Waals surface area contributed by atoms with E-state index in [1.54, 1.807) is 7.05 Å². The minimum atomic E-state index is -0.168. The molecule has 2 aromatic carbocycles. The number of benzene rings is 2. The summed E-state index contributed by atoms with van der Waals surface area (Å²) < 4.78 is 11.9. The van der Waals surface area contributed by atoms with Crippen LogP contribution >= 0.6 is 15.9 Å². The van der Waals surface area contributed by atoms with Gasteiger partial charge in [0.25, 0.3) is 5.91 Å². The van der Waals surface area contributed by atoms with E-state index in [1.165, 1.54) is 4.90 Å². The SMILES string of the molecule is Cc1cccc(OCC(=O)N(C)Cc2nc(-c3cccc(Br)c3)no2)c1C. The monoisotopic (exact) mass is 429 g/mol. The van der Waals surface area contributed by atoms with Crippen molar-refractivity contribution in [2.45, 2.75) is 20.4 Å². The Morgan fingerprint density at radius 1 is 1.22 bits per heavy atom. The molecule has 0 aliphatic rings. The Morgan fingerprint density at radius 3 is 2.78 bits per heavy atom. The predicted molar refractivity (Wildman–Crippen MR) is 105 cm³/mol. The van der Waals surface area contributed by atoms with Gasteiger partial charge in [0, 0.05) is 17.1 Å². The van der Waals surface area contributed by atoms with E-state index in [2.05, 4.69) is 26.1 Å². The minimum absolute atomic E-state index is 0.0482. The summed E-state index contributed by atoms with van der Waals surface area (Å²) in [7, 11) is 1.68. The van der Waals surface area contributed by atoms with Gasteiger partial charge < -0.3 is 14.2 Å². The van der Waals surface area contributed by atoms with Crippen molar-refractivity contribution >= 4 is 21.8 Å². The molecule has 1 amide bonds. The summed E-state index contributed by atoms with van der Waals surface area (Å²) in [6, 6.07) is 13.4. The van der Waals surface area contributed by atoms with E-state index < -0.39 is 0 Å². The van der Waals surface area contributed by atoms with E-state index in [0.29, 0.717) is 17.5 Å². The standard InChI is InChI=1S/C20H20BrN3O3/c1-13-6-4-9-17(14(13)2)26-12-19(25)24(3)11-18-22-20(23-27-18)15-7-5-8-16(21)10-15/h4-10H,11-12H2,1-3H3. The van der Waals surface area contributed by atoms with E-state index in [-0.39, 0.29) is 19.1 Å². The zero-order chi connectivity index (χ0) is 19.4. The number of hydrogen-bond donors (Lipinski definition) is 0. The summed E-state index contributed by atoms with van der Waals surface area (Å²) in [4.78, 5) is 18.2. The van der Waals surface area contributed by atoms with Gasteiger partial charge in [-0.1, -0.05) is 45.4 Å². The molecule has 27 heavy (non-hydrogen) atoms. The van der Waals surface area contributed by atoms with Gasteiger partial charge in [0.2, 0.25) is 11.7 Å². The van der Waals surface area contributed by atoms with E-state index in [9.17, 15) is 4.79 Å². The van der Waals surface area contributed by atoms with Gasteiger partial charge in [-0.15, -0.1) is 0 Å². The fourth-order valence-corrected chi connectivity index (χ4v) is 2.88. The molecule has 0 aliphatic heterocycles. The van der Waals surface area contributed by atoms with Crippen LogP contribution in [-0.2, 0) is 11.3 Å². The van der Waals surface area contributed by atoms with Crippen LogP contribution < -0.4 is 4.74 Å². The molecule has 0 bridgehead atoms. The zero-order valence-electron chi connectivity index (χ0n) is 15.4. The molecular formula is C20H20BrN3O3. The fourth-order valence-electron chi connectivity index (χ4n) is 2.49. The van der Waals surface area contributed by atoms with Crippen LogP contribution in [0.3, 0.4) is 0 Å². The third kappa shape index (κ3) is 4.74. The normalized spacial score (nSPS) is 10.7. The van der Waals surface area contributed by atoms with Crippen LogP contribution in [-0.4, -0.2) is 34.6 Å². The van der Waals surface area contributed by atoms with Crippen LogP contribution in [0.15, 0.2) is 51.5 Å². The molecule has 0 atom stereocenters. The molecule has 0 spiro atoms. The van der Waals surface area contributed by atoms with Gasteiger partial charge in [0.1, 0.15) is 5.75 Å². The van der Waals surface area contributed by atoms with Gasteiger partial charge >= 0.3 is 0 Å². The molecular weight excluding hydrogens is 410 g/mol. The quantitative estimate of drug-likeness (QED) is 0.588. The Balaban J connectivity index is 1.59. The highest BCUT2D eigenvalue weighted by Crippen LogP contribution is 2.21. The van der Waals surface area contributed by atoms with Crippen LogP contribution in [0.25, 0.3) is 11.4 Å². The Bertz CT molecular complexity index is 955. The number of nitrogens with zero attached hydrogens (tertiary/aromatic N) is 3. The van der Waals surface area contributed by atoms with Gasteiger partial charge in [-0.2, -0.15) is 4.98 Å². The number of likely N-dealkylation sites (N-methyl/N-ethyl adjacent to an activating group) is 1. The third-order valence-corrected chi connectivity index (χ3v) is 4.75. The van der Waals surface area contributed by atoms with Gasteiger partial charge in [-0.25, -0.2) is 0 Å². The number of halogens is 1. The number of aryl methyl sites for hydroxylation is 1. The number of carbonyl (C=O) groups excluding carboxylic acids is 1. The summed E-state index contributed by atoms with van der Waals surface area (Å²) in [6.45, 7) is 4.15. The maximum absolute atomic E-state index is 12.3. The van der Waals surface area contributed by atoms with Gasteiger partial charge in [0.05, 0.1) is 6.54 Å². The molecule has 0 N–H and O–H groups in total. The van der Waals surface area contributed by atoms with Crippen LogP contribution in [0.5, 0.6) is 5.75 Å². The van der Waals surface area contributed by atoms with Gasteiger partial charge in [0.15, 0.2) is 6.61 Å². The topological polar surface area (TPSA) is 68.5 Å². The van der Waals surface area contributed by atoms with Crippen molar-refractivity contribution in [3.8, 4) is 17.1 Å². The van der Waals surface area contributed by atoms with Crippen molar-refractivity contribution in [2.75, 3.05) is 13.7 Å². The maximum atomic E-state index is 12.3. The van der Waals surface area contributed by atoms with Crippen LogP contribution in [0.4, 0.5) is 0 Å². The molecule has 1 aromatic heterocycles. The lowest BCUT2D eigenvalue weighted by atomic mass is 10.1. The van der Waals surface area contributed by atoms with E-state index in [1.807, 2.05) is 56.3 Å². The summed E-state index contributed by atoms with van der Waals surface area (Å²) >= 11 is 3.42. The second kappa shape index (κ2) is 8.35. The smallest absolute Gasteiger partial charge is 0.260 e. The Morgan fingerprint density at radius 2 is 2.00 bits per heavy atom. The second-order valence-corrected chi connectivity index (χ2v) is 7.17. The van der Waals surface area contributed by atoms with Gasteiger partial charge in [-0.05, 0) is 43.2 Å². The van der Waals surface area contributed by atoms with Crippen molar-refractivity contribution < 1.29 is 14.1 Å². The molecule has 0 unspecified atom stereocenters. The fraction of sp³-hybridized carbons (Fsp3) is 0.250. The molecule has 1 heterocycles. The molecule has 3 aromatic rings. The Labute approximate surface area is 166 Å². The lowest BCUT2D eigenvalue weighted by Gasteiger charge is -2.16. The number of hydrogen-bond acceptors (Lipinski definition) is 5.